The predicted octanol–water partition coefficient (Wildman–Crippen LogP) is 5.05. The fraction of sp³-hybridized carbons (Fsp3) is 0.400. The number of hydrogen-bond donors (Lipinski definition) is 0. The van der Waals surface area contributed by atoms with E-state index in [-0.39, 0.29) is 17.5 Å². The Morgan fingerprint density at radius 2 is 1.73 bits per heavy atom. The van der Waals surface area contributed by atoms with Crippen molar-refractivity contribution < 1.29 is 4.79 Å². The van der Waals surface area contributed by atoms with Crippen LogP contribution in [0.3, 0.4) is 0 Å². The van der Waals surface area contributed by atoms with Gasteiger partial charge in [-0.2, -0.15) is 0 Å². The van der Waals surface area contributed by atoms with E-state index < -0.39 is 0 Å². The minimum absolute atomic E-state index is 0.0947. The Hall–Kier alpha value is -2.95. The van der Waals surface area contributed by atoms with Crippen LogP contribution in [-0.4, -0.2) is 26.9 Å². The number of amides is 1. The number of para-hydroxylation sites is 2. The fourth-order valence-corrected chi connectivity index (χ4v) is 3.96. The van der Waals surface area contributed by atoms with Gasteiger partial charge in [0.05, 0.1) is 22.6 Å². The highest BCUT2D eigenvalue weighted by atomic mass is 16.2. The van der Waals surface area contributed by atoms with Gasteiger partial charge in [0.15, 0.2) is 0 Å². The van der Waals surface area contributed by atoms with E-state index in [9.17, 15) is 9.59 Å². The molecule has 5 heteroatoms. The molecule has 2 aromatic carbocycles. The maximum absolute atomic E-state index is 13.6. The topological polar surface area (TPSA) is 55.2 Å². The highest BCUT2D eigenvalue weighted by Crippen LogP contribution is 2.25. The number of carbonyl (C=O) groups excluding carboxylic acids is 1. The van der Waals surface area contributed by atoms with Crippen LogP contribution in [0.5, 0.6) is 0 Å². The van der Waals surface area contributed by atoms with Gasteiger partial charge in [-0.05, 0) is 49.9 Å². The van der Waals surface area contributed by atoms with Crippen molar-refractivity contribution in [3.05, 3.63) is 70.3 Å². The number of aromatic nitrogens is 2. The summed E-state index contributed by atoms with van der Waals surface area (Å²) in [5, 5.41) is 0.585. The molecule has 5 nitrogen and oxygen atoms in total. The highest BCUT2D eigenvalue weighted by Gasteiger charge is 2.26. The number of fused-ring (bicyclic) bond motifs is 1. The maximum Gasteiger partial charge on any atom is 0.266 e. The third kappa shape index (κ3) is 4.16. The second kappa shape index (κ2) is 9.70. The molecule has 0 bridgehead atoms. The number of rotatable bonds is 8. The summed E-state index contributed by atoms with van der Waals surface area (Å²) in [5.41, 5.74) is 2.48. The Kier molecular flexibility index (Phi) is 7.03. The molecule has 0 spiro atoms. The second-order valence-electron chi connectivity index (χ2n) is 7.62. The zero-order valence-corrected chi connectivity index (χ0v) is 18.4. The van der Waals surface area contributed by atoms with E-state index in [1.807, 2.05) is 67.3 Å². The van der Waals surface area contributed by atoms with Crippen LogP contribution in [0, 0.1) is 0 Å². The first-order valence-electron chi connectivity index (χ1n) is 10.9. The Morgan fingerprint density at radius 1 is 1.03 bits per heavy atom. The van der Waals surface area contributed by atoms with Crippen LogP contribution in [0.25, 0.3) is 16.6 Å². The van der Waals surface area contributed by atoms with Crippen molar-refractivity contribution in [3.63, 3.8) is 0 Å². The quantitative estimate of drug-likeness (QED) is 0.527. The monoisotopic (exact) mass is 405 g/mol. The molecule has 0 fully saturated rings. The molecule has 3 aromatic rings. The molecule has 158 valence electrons. The van der Waals surface area contributed by atoms with Crippen molar-refractivity contribution in [1.82, 2.24) is 14.5 Å². The van der Waals surface area contributed by atoms with Crippen LogP contribution in [0.2, 0.25) is 0 Å². The average Bonchev–Trinajstić information content (AvgIpc) is 2.77. The van der Waals surface area contributed by atoms with Crippen LogP contribution in [-0.2, 0) is 11.2 Å². The number of nitrogens with zero attached hydrogens (tertiary/aromatic N) is 3. The van der Waals surface area contributed by atoms with Crippen molar-refractivity contribution in [2.24, 2.45) is 0 Å². The lowest BCUT2D eigenvalue weighted by Gasteiger charge is -2.30. The van der Waals surface area contributed by atoms with E-state index in [1.165, 1.54) is 0 Å². The van der Waals surface area contributed by atoms with Crippen molar-refractivity contribution >= 4 is 16.8 Å². The summed E-state index contributed by atoms with van der Waals surface area (Å²) in [6, 6.07) is 15.0. The molecule has 0 N–H and O–H groups in total. The fourth-order valence-electron chi connectivity index (χ4n) is 3.96. The van der Waals surface area contributed by atoms with Gasteiger partial charge in [-0.25, -0.2) is 4.98 Å². The number of hydrogen-bond acceptors (Lipinski definition) is 3. The molecule has 1 heterocycles. The smallest absolute Gasteiger partial charge is 0.266 e. The van der Waals surface area contributed by atoms with Gasteiger partial charge in [-0.3, -0.25) is 14.2 Å². The lowest BCUT2D eigenvalue weighted by atomic mass is 10.1. The van der Waals surface area contributed by atoms with Gasteiger partial charge in [0.2, 0.25) is 5.91 Å². The zero-order chi connectivity index (χ0) is 21.7. The second-order valence-corrected chi connectivity index (χ2v) is 7.62. The normalized spacial score (nSPS) is 12.1. The first-order valence-corrected chi connectivity index (χ1v) is 10.9. The maximum atomic E-state index is 13.6. The average molecular weight is 406 g/mol. The summed E-state index contributed by atoms with van der Waals surface area (Å²) in [4.78, 5) is 33.3. The van der Waals surface area contributed by atoms with Gasteiger partial charge >= 0.3 is 0 Å². The Labute approximate surface area is 178 Å². The molecule has 30 heavy (non-hydrogen) atoms. The molecular formula is C25H31N3O2. The van der Waals surface area contributed by atoms with Gasteiger partial charge in [-0.15, -0.1) is 0 Å². The van der Waals surface area contributed by atoms with Crippen LogP contribution < -0.4 is 5.56 Å². The third-order valence-corrected chi connectivity index (χ3v) is 5.50. The molecule has 1 unspecified atom stereocenters. The standard InChI is InChI=1S/C25H31N3O2/c1-5-12-23(29)27(17-6-2)18(4)24-26-21-15-10-9-14-20(21)25(30)28(24)22-16-11-8-13-19(22)7-3/h8-11,13-16,18H,5-7,12,17H2,1-4H3. The minimum Gasteiger partial charge on any atom is -0.333 e. The number of carbonyl (C=O) groups is 1. The summed E-state index contributed by atoms with van der Waals surface area (Å²) in [7, 11) is 0. The SMILES string of the molecule is CCCC(=O)N(CCC)C(C)c1nc2ccccc2c(=O)n1-c1ccccc1CC. The molecule has 0 saturated heterocycles. The van der Waals surface area contributed by atoms with Crippen molar-refractivity contribution in [2.75, 3.05) is 6.54 Å². The summed E-state index contributed by atoms with van der Waals surface area (Å²) in [6.07, 6.45) is 2.94. The van der Waals surface area contributed by atoms with Gasteiger partial charge in [-0.1, -0.05) is 51.1 Å². The van der Waals surface area contributed by atoms with E-state index in [0.717, 1.165) is 30.5 Å². The first-order chi connectivity index (χ1) is 14.5. The van der Waals surface area contributed by atoms with E-state index in [2.05, 4.69) is 13.8 Å². The van der Waals surface area contributed by atoms with Crippen LogP contribution in [0.1, 0.15) is 64.4 Å². The molecule has 1 atom stereocenters. The van der Waals surface area contributed by atoms with Gasteiger partial charge in [0.1, 0.15) is 5.82 Å². The summed E-state index contributed by atoms with van der Waals surface area (Å²) >= 11 is 0. The van der Waals surface area contributed by atoms with Crippen LogP contribution >= 0.6 is 0 Å². The predicted molar refractivity (Wildman–Crippen MR) is 122 cm³/mol. The van der Waals surface area contributed by atoms with Gasteiger partial charge < -0.3 is 4.90 Å². The molecule has 1 amide bonds. The summed E-state index contributed by atoms with van der Waals surface area (Å²) in [5.74, 6) is 0.710. The summed E-state index contributed by atoms with van der Waals surface area (Å²) < 4.78 is 1.72. The van der Waals surface area contributed by atoms with Crippen molar-refractivity contribution in [1.29, 1.82) is 0 Å². The van der Waals surface area contributed by atoms with Crippen molar-refractivity contribution in [2.45, 2.75) is 59.4 Å². The molecule has 1 aromatic heterocycles. The molecule has 0 saturated carbocycles. The lowest BCUT2D eigenvalue weighted by Crippen LogP contribution is -2.38. The first kappa shape index (κ1) is 21.8. The Morgan fingerprint density at radius 3 is 2.43 bits per heavy atom. The zero-order valence-electron chi connectivity index (χ0n) is 18.4. The molecule has 0 radical (unpaired) electrons. The third-order valence-electron chi connectivity index (χ3n) is 5.50. The molecule has 0 aliphatic heterocycles. The van der Waals surface area contributed by atoms with Crippen LogP contribution in [0.15, 0.2) is 53.3 Å². The van der Waals surface area contributed by atoms with Gasteiger partial charge in [0, 0.05) is 13.0 Å². The lowest BCUT2D eigenvalue weighted by molar-refractivity contribution is -0.133. The highest BCUT2D eigenvalue weighted by molar-refractivity contribution is 5.79. The summed E-state index contributed by atoms with van der Waals surface area (Å²) in [6.45, 7) is 8.76. The molecule has 3 rings (SSSR count). The molecular weight excluding hydrogens is 374 g/mol. The largest absolute Gasteiger partial charge is 0.333 e. The van der Waals surface area contributed by atoms with Crippen molar-refractivity contribution in [3.8, 4) is 5.69 Å². The molecule has 0 aliphatic rings. The molecule has 0 aliphatic carbocycles. The number of benzene rings is 2. The minimum atomic E-state index is -0.314. The number of aryl methyl sites for hydroxylation is 1. The van der Waals surface area contributed by atoms with Crippen LogP contribution in [0.4, 0.5) is 0 Å². The Bertz CT molecular complexity index is 1090. The van der Waals surface area contributed by atoms with E-state index in [1.54, 1.807) is 4.57 Å². The Balaban J connectivity index is 2.29. The van der Waals surface area contributed by atoms with E-state index >= 15 is 0 Å². The van der Waals surface area contributed by atoms with Gasteiger partial charge in [0.25, 0.3) is 5.56 Å². The van der Waals surface area contributed by atoms with E-state index in [4.69, 9.17) is 4.98 Å². The van der Waals surface area contributed by atoms with E-state index in [0.29, 0.717) is 29.7 Å².